The second-order valence-electron chi connectivity index (χ2n) is 8.36. The Kier molecular flexibility index (Phi) is 6.85. The van der Waals surface area contributed by atoms with E-state index in [1.807, 2.05) is 18.2 Å². The number of amides is 2. The third kappa shape index (κ3) is 4.69. The lowest BCUT2D eigenvalue weighted by atomic mass is 9.78. The van der Waals surface area contributed by atoms with Gasteiger partial charge in [-0.1, -0.05) is 63.1 Å². The van der Waals surface area contributed by atoms with Gasteiger partial charge in [0, 0.05) is 12.0 Å². The molecule has 1 atom stereocenters. The van der Waals surface area contributed by atoms with E-state index in [0.29, 0.717) is 6.54 Å². The monoisotopic (exact) mass is 414 g/mol. The minimum Gasteiger partial charge on any atom is -0.353 e. The van der Waals surface area contributed by atoms with Crippen molar-refractivity contribution in [2.24, 2.45) is 5.92 Å². The van der Waals surface area contributed by atoms with Crippen molar-refractivity contribution in [3.63, 3.8) is 0 Å². The molecule has 2 aromatic carbocycles. The number of benzene rings is 2. The third-order valence-corrected chi connectivity index (χ3v) is 5.97. The van der Waals surface area contributed by atoms with Crippen molar-refractivity contribution in [1.82, 2.24) is 10.6 Å². The van der Waals surface area contributed by atoms with Crippen LogP contribution in [0.3, 0.4) is 0 Å². The van der Waals surface area contributed by atoms with Crippen LogP contribution in [0.15, 0.2) is 48.5 Å². The van der Waals surface area contributed by atoms with Crippen LogP contribution in [-0.4, -0.2) is 24.4 Å². The zero-order valence-electron chi connectivity index (χ0n) is 17.4. The molecule has 2 amide bonds. The van der Waals surface area contributed by atoms with Gasteiger partial charge < -0.3 is 10.6 Å². The second-order valence-corrected chi connectivity index (χ2v) is 8.36. The number of halogens is 2. The van der Waals surface area contributed by atoms with Gasteiger partial charge in [0.15, 0.2) is 0 Å². The SMILES string of the molecule is CC(C)[C@H](NC(=O)c1c(F)cccc1F)C(=O)NCC1(c2ccccc2)CCCC1. The molecule has 1 aliphatic carbocycles. The van der Waals surface area contributed by atoms with E-state index in [1.165, 1.54) is 11.6 Å². The molecular weight excluding hydrogens is 386 g/mol. The van der Waals surface area contributed by atoms with Gasteiger partial charge in [-0.3, -0.25) is 9.59 Å². The predicted octanol–water partition coefficient (Wildman–Crippen LogP) is 4.35. The zero-order valence-corrected chi connectivity index (χ0v) is 17.4. The quantitative estimate of drug-likeness (QED) is 0.708. The summed E-state index contributed by atoms with van der Waals surface area (Å²) in [5, 5.41) is 5.50. The first-order valence-corrected chi connectivity index (χ1v) is 10.4. The fraction of sp³-hybridized carbons (Fsp3) is 0.417. The van der Waals surface area contributed by atoms with Crippen molar-refractivity contribution < 1.29 is 18.4 Å². The van der Waals surface area contributed by atoms with Gasteiger partial charge in [-0.2, -0.15) is 0 Å². The van der Waals surface area contributed by atoms with Crippen LogP contribution in [0.4, 0.5) is 8.78 Å². The topological polar surface area (TPSA) is 58.2 Å². The van der Waals surface area contributed by atoms with E-state index in [-0.39, 0.29) is 17.2 Å². The van der Waals surface area contributed by atoms with E-state index in [1.54, 1.807) is 13.8 Å². The number of hydrogen-bond donors (Lipinski definition) is 2. The summed E-state index contributed by atoms with van der Waals surface area (Å²) in [6.07, 6.45) is 4.16. The van der Waals surface area contributed by atoms with Crippen molar-refractivity contribution >= 4 is 11.8 Å². The molecule has 3 rings (SSSR count). The maximum atomic E-state index is 13.9. The third-order valence-electron chi connectivity index (χ3n) is 5.97. The average molecular weight is 414 g/mol. The Balaban J connectivity index is 1.72. The molecule has 2 aromatic rings. The zero-order chi connectivity index (χ0) is 21.7. The second kappa shape index (κ2) is 9.37. The van der Waals surface area contributed by atoms with Crippen LogP contribution >= 0.6 is 0 Å². The van der Waals surface area contributed by atoms with E-state index in [4.69, 9.17) is 0 Å². The summed E-state index contributed by atoms with van der Waals surface area (Å²) in [6.45, 7) is 4.03. The maximum Gasteiger partial charge on any atom is 0.257 e. The number of carbonyl (C=O) groups is 2. The lowest BCUT2D eigenvalue weighted by molar-refractivity contribution is -0.124. The molecule has 30 heavy (non-hydrogen) atoms. The first-order chi connectivity index (χ1) is 14.3. The molecule has 1 aliphatic rings. The number of nitrogens with one attached hydrogen (secondary N) is 2. The van der Waals surface area contributed by atoms with E-state index in [0.717, 1.165) is 37.8 Å². The normalized spacial score (nSPS) is 16.3. The number of hydrogen-bond acceptors (Lipinski definition) is 2. The molecule has 160 valence electrons. The van der Waals surface area contributed by atoms with Crippen molar-refractivity contribution in [3.05, 3.63) is 71.3 Å². The molecule has 0 unspecified atom stereocenters. The molecule has 1 saturated carbocycles. The maximum absolute atomic E-state index is 13.9. The molecular formula is C24H28F2N2O2. The van der Waals surface area contributed by atoms with Gasteiger partial charge in [0.2, 0.25) is 5.91 Å². The molecule has 0 heterocycles. The highest BCUT2D eigenvalue weighted by atomic mass is 19.1. The molecule has 0 saturated heterocycles. The smallest absolute Gasteiger partial charge is 0.257 e. The standard InChI is InChI=1S/C24H28F2N2O2/c1-16(2)21(28-22(29)20-18(25)11-8-12-19(20)26)23(30)27-15-24(13-6-7-14-24)17-9-4-3-5-10-17/h3-5,8-12,16,21H,6-7,13-15H2,1-2H3,(H,27,30)(H,28,29)/t21-/m0/s1. The largest absolute Gasteiger partial charge is 0.353 e. The first-order valence-electron chi connectivity index (χ1n) is 10.4. The predicted molar refractivity (Wildman–Crippen MR) is 112 cm³/mol. The lowest BCUT2D eigenvalue weighted by Crippen LogP contribution is -2.52. The molecule has 0 radical (unpaired) electrons. The van der Waals surface area contributed by atoms with Crippen molar-refractivity contribution in [1.29, 1.82) is 0 Å². The van der Waals surface area contributed by atoms with Crippen LogP contribution in [-0.2, 0) is 10.2 Å². The summed E-state index contributed by atoms with van der Waals surface area (Å²) in [5.74, 6) is -3.44. The average Bonchev–Trinajstić information content (AvgIpc) is 3.21. The van der Waals surface area contributed by atoms with Gasteiger partial charge in [-0.05, 0) is 36.5 Å². The van der Waals surface area contributed by atoms with Crippen LogP contribution in [0.2, 0.25) is 0 Å². The molecule has 0 aromatic heterocycles. The van der Waals surface area contributed by atoms with Gasteiger partial charge >= 0.3 is 0 Å². The molecule has 2 N–H and O–H groups in total. The Bertz CT molecular complexity index is 873. The van der Waals surface area contributed by atoms with E-state index in [2.05, 4.69) is 22.8 Å². The Morgan fingerprint density at radius 3 is 2.13 bits per heavy atom. The molecule has 0 spiro atoms. The van der Waals surface area contributed by atoms with Crippen LogP contribution in [0.5, 0.6) is 0 Å². The van der Waals surface area contributed by atoms with E-state index in [9.17, 15) is 18.4 Å². The van der Waals surface area contributed by atoms with Crippen LogP contribution in [0.25, 0.3) is 0 Å². The van der Waals surface area contributed by atoms with Crippen molar-refractivity contribution in [2.45, 2.75) is 51.0 Å². The summed E-state index contributed by atoms with van der Waals surface area (Å²) in [7, 11) is 0. The Hall–Kier alpha value is -2.76. The summed E-state index contributed by atoms with van der Waals surface area (Å²) >= 11 is 0. The van der Waals surface area contributed by atoms with Gasteiger partial charge in [0.1, 0.15) is 23.2 Å². The van der Waals surface area contributed by atoms with Crippen LogP contribution < -0.4 is 10.6 Å². The molecule has 4 nitrogen and oxygen atoms in total. The van der Waals surface area contributed by atoms with Crippen LogP contribution in [0.1, 0.15) is 55.5 Å². The summed E-state index contributed by atoms with van der Waals surface area (Å²) in [6, 6.07) is 12.5. The highest BCUT2D eigenvalue weighted by Gasteiger charge is 2.37. The summed E-state index contributed by atoms with van der Waals surface area (Å²) in [4.78, 5) is 25.4. The molecule has 0 bridgehead atoms. The number of carbonyl (C=O) groups excluding carboxylic acids is 2. The van der Waals surface area contributed by atoms with Crippen molar-refractivity contribution in [2.75, 3.05) is 6.54 Å². The minimum absolute atomic E-state index is 0.125. The summed E-state index contributed by atoms with van der Waals surface area (Å²) in [5.41, 5.74) is 0.397. The Labute approximate surface area is 176 Å². The van der Waals surface area contributed by atoms with E-state index < -0.39 is 29.1 Å². The Morgan fingerprint density at radius 2 is 1.57 bits per heavy atom. The fourth-order valence-corrected chi connectivity index (χ4v) is 4.24. The highest BCUT2D eigenvalue weighted by Crippen LogP contribution is 2.40. The molecule has 0 aliphatic heterocycles. The highest BCUT2D eigenvalue weighted by molar-refractivity contribution is 5.98. The van der Waals surface area contributed by atoms with Gasteiger partial charge in [0.05, 0.1) is 0 Å². The molecule has 1 fully saturated rings. The molecule has 6 heteroatoms. The van der Waals surface area contributed by atoms with E-state index >= 15 is 0 Å². The lowest BCUT2D eigenvalue weighted by Gasteiger charge is -2.31. The Morgan fingerprint density at radius 1 is 0.967 bits per heavy atom. The van der Waals surface area contributed by atoms with Crippen LogP contribution in [0, 0.1) is 17.6 Å². The first kappa shape index (κ1) is 21.9. The van der Waals surface area contributed by atoms with Gasteiger partial charge in [0.25, 0.3) is 5.91 Å². The van der Waals surface area contributed by atoms with Crippen molar-refractivity contribution in [3.8, 4) is 0 Å². The van der Waals surface area contributed by atoms with Gasteiger partial charge in [-0.15, -0.1) is 0 Å². The minimum atomic E-state index is -0.954. The number of rotatable bonds is 7. The summed E-state index contributed by atoms with van der Waals surface area (Å²) < 4.78 is 27.9. The fourth-order valence-electron chi connectivity index (χ4n) is 4.24. The van der Waals surface area contributed by atoms with Gasteiger partial charge in [-0.25, -0.2) is 8.78 Å².